The van der Waals surface area contributed by atoms with Gasteiger partial charge in [-0.1, -0.05) is 72.9 Å². The van der Waals surface area contributed by atoms with Gasteiger partial charge in [-0.25, -0.2) is 4.79 Å². The quantitative estimate of drug-likeness (QED) is 0.278. The molecular formula is C31H36Cl2N2O6. The Labute approximate surface area is 251 Å². The summed E-state index contributed by atoms with van der Waals surface area (Å²) in [5.74, 6) is -1.35. The number of hydrogen-bond donors (Lipinski definition) is 0. The molecular weight excluding hydrogens is 567 g/mol. The molecule has 0 aliphatic carbocycles. The maximum atomic E-state index is 13.1. The van der Waals surface area contributed by atoms with E-state index in [0.717, 1.165) is 16.5 Å². The Kier molecular flexibility index (Phi) is 15.5. The Morgan fingerprint density at radius 1 is 0.976 bits per heavy atom. The van der Waals surface area contributed by atoms with Gasteiger partial charge in [-0.15, -0.1) is 0 Å². The molecule has 3 unspecified atom stereocenters. The third-order valence-electron chi connectivity index (χ3n) is 5.72. The van der Waals surface area contributed by atoms with Crippen LogP contribution in [0.4, 0.5) is 0 Å². The molecule has 2 heterocycles. The van der Waals surface area contributed by atoms with Crippen molar-refractivity contribution in [1.82, 2.24) is 9.88 Å². The molecule has 1 saturated heterocycles. The van der Waals surface area contributed by atoms with Crippen molar-refractivity contribution in [3.63, 3.8) is 0 Å². The highest BCUT2D eigenvalue weighted by molar-refractivity contribution is 6.30. The predicted octanol–water partition coefficient (Wildman–Crippen LogP) is 6.33. The molecule has 3 aromatic rings. The number of aromatic nitrogens is 1. The molecule has 1 fully saturated rings. The predicted molar refractivity (Wildman–Crippen MR) is 158 cm³/mol. The first-order chi connectivity index (χ1) is 19.8. The van der Waals surface area contributed by atoms with Crippen LogP contribution < -0.4 is 0 Å². The van der Waals surface area contributed by atoms with E-state index in [4.69, 9.17) is 37.4 Å². The first-order valence-electron chi connectivity index (χ1n) is 13.3. The lowest BCUT2D eigenvalue weighted by atomic mass is 10.0. The molecule has 220 valence electrons. The van der Waals surface area contributed by atoms with Crippen molar-refractivity contribution in [3.05, 3.63) is 101 Å². The summed E-state index contributed by atoms with van der Waals surface area (Å²) in [5, 5.41) is 1.59. The van der Waals surface area contributed by atoms with E-state index in [1.165, 1.54) is 11.8 Å². The molecule has 2 aromatic carbocycles. The van der Waals surface area contributed by atoms with Crippen LogP contribution in [0, 0.1) is 0 Å². The standard InChI is InChI=1S/C19H26N2O6.2C6H5Cl/c1-4-6-15(19(24)25-5-2)21-11-12-26-17(18(21)23)16(27-13(3)22)14-7-9-20-10-8-14;2*7-6-4-2-1-3-5-6/h7-10,15-17H,4-6,11-12H2,1-3H3;2*1-5H. The number of morpholine rings is 1. The van der Waals surface area contributed by atoms with Gasteiger partial charge in [0.2, 0.25) is 0 Å². The summed E-state index contributed by atoms with van der Waals surface area (Å²) in [4.78, 5) is 42.5. The fraction of sp³-hybridized carbons (Fsp3) is 0.355. The van der Waals surface area contributed by atoms with Gasteiger partial charge < -0.3 is 19.1 Å². The van der Waals surface area contributed by atoms with E-state index in [-0.39, 0.29) is 19.8 Å². The van der Waals surface area contributed by atoms with E-state index in [1.807, 2.05) is 67.6 Å². The van der Waals surface area contributed by atoms with Crippen molar-refractivity contribution in [3.8, 4) is 0 Å². The molecule has 0 bridgehead atoms. The number of carbonyl (C=O) groups is 3. The second-order valence-electron chi connectivity index (χ2n) is 8.78. The molecule has 41 heavy (non-hydrogen) atoms. The Morgan fingerprint density at radius 3 is 1.98 bits per heavy atom. The van der Waals surface area contributed by atoms with E-state index in [9.17, 15) is 14.4 Å². The van der Waals surface area contributed by atoms with Gasteiger partial charge in [-0.05, 0) is 55.3 Å². The molecule has 0 radical (unpaired) electrons. The maximum absolute atomic E-state index is 13.1. The number of rotatable bonds is 8. The van der Waals surface area contributed by atoms with Crippen molar-refractivity contribution < 1.29 is 28.6 Å². The highest BCUT2D eigenvalue weighted by Crippen LogP contribution is 2.28. The molecule has 10 heteroatoms. The lowest BCUT2D eigenvalue weighted by Gasteiger charge is -2.39. The highest BCUT2D eigenvalue weighted by Gasteiger charge is 2.43. The van der Waals surface area contributed by atoms with Crippen LogP contribution in [-0.4, -0.2) is 59.6 Å². The number of halogens is 2. The van der Waals surface area contributed by atoms with Gasteiger partial charge in [0.05, 0.1) is 13.2 Å². The average Bonchev–Trinajstić information content (AvgIpc) is 2.97. The van der Waals surface area contributed by atoms with Crippen LogP contribution in [0.2, 0.25) is 10.0 Å². The van der Waals surface area contributed by atoms with Crippen molar-refractivity contribution >= 4 is 41.0 Å². The summed E-state index contributed by atoms with van der Waals surface area (Å²) >= 11 is 11.1. The third kappa shape index (κ3) is 11.9. The number of hydrogen-bond acceptors (Lipinski definition) is 7. The van der Waals surface area contributed by atoms with E-state index >= 15 is 0 Å². The Balaban J connectivity index is 0.000000338. The molecule has 0 N–H and O–H groups in total. The molecule has 3 atom stereocenters. The lowest BCUT2D eigenvalue weighted by Crippen LogP contribution is -2.56. The second-order valence-corrected chi connectivity index (χ2v) is 9.65. The minimum atomic E-state index is -1.03. The summed E-state index contributed by atoms with van der Waals surface area (Å²) in [6.07, 6.45) is 2.37. The monoisotopic (exact) mass is 602 g/mol. The maximum Gasteiger partial charge on any atom is 0.328 e. The van der Waals surface area contributed by atoms with Crippen LogP contribution in [-0.2, 0) is 28.6 Å². The fourth-order valence-corrected chi connectivity index (χ4v) is 4.22. The Hall–Kier alpha value is -3.46. The van der Waals surface area contributed by atoms with E-state index < -0.39 is 36.1 Å². The third-order valence-corrected chi connectivity index (χ3v) is 6.23. The summed E-state index contributed by atoms with van der Waals surface area (Å²) in [6.45, 7) is 5.70. The van der Waals surface area contributed by atoms with Gasteiger partial charge in [0.15, 0.2) is 12.2 Å². The van der Waals surface area contributed by atoms with Crippen LogP contribution in [0.15, 0.2) is 85.2 Å². The molecule has 1 aliphatic rings. The summed E-state index contributed by atoms with van der Waals surface area (Å²) in [5.41, 5.74) is 0.601. The molecule has 0 spiro atoms. The molecule has 8 nitrogen and oxygen atoms in total. The largest absolute Gasteiger partial charge is 0.464 e. The normalized spacial score (nSPS) is 15.7. The number of nitrogens with zero attached hydrogens (tertiary/aromatic N) is 2. The van der Waals surface area contributed by atoms with Crippen molar-refractivity contribution in [1.29, 1.82) is 0 Å². The molecule has 4 rings (SSSR count). The minimum Gasteiger partial charge on any atom is -0.464 e. The first-order valence-corrected chi connectivity index (χ1v) is 14.1. The van der Waals surface area contributed by atoms with Crippen molar-refractivity contribution in [2.24, 2.45) is 0 Å². The fourth-order valence-electron chi connectivity index (χ4n) is 3.93. The number of pyridine rings is 1. The first kappa shape index (κ1) is 33.7. The van der Waals surface area contributed by atoms with Gasteiger partial charge in [-0.2, -0.15) is 0 Å². The molecule has 1 aliphatic heterocycles. The summed E-state index contributed by atoms with van der Waals surface area (Å²) in [7, 11) is 0. The van der Waals surface area contributed by atoms with Gasteiger partial charge in [0, 0.05) is 35.9 Å². The van der Waals surface area contributed by atoms with Crippen LogP contribution in [0.1, 0.15) is 45.3 Å². The number of amides is 1. The van der Waals surface area contributed by atoms with Gasteiger partial charge in [0.1, 0.15) is 6.04 Å². The average molecular weight is 604 g/mol. The number of ether oxygens (including phenoxy) is 3. The minimum absolute atomic E-state index is 0.235. The van der Waals surface area contributed by atoms with Crippen LogP contribution >= 0.6 is 23.2 Å². The lowest BCUT2D eigenvalue weighted by molar-refractivity contribution is -0.181. The van der Waals surface area contributed by atoms with Crippen LogP contribution in [0.3, 0.4) is 0 Å². The summed E-state index contributed by atoms with van der Waals surface area (Å²) in [6, 6.07) is 21.5. The van der Waals surface area contributed by atoms with Gasteiger partial charge >= 0.3 is 11.9 Å². The van der Waals surface area contributed by atoms with Crippen LogP contribution in [0.5, 0.6) is 0 Å². The van der Waals surface area contributed by atoms with Crippen molar-refractivity contribution in [2.75, 3.05) is 19.8 Å². The van der Waals surface area contributed by atoms with Gasteiger partial charge in [-0.3, -0.25) is 14.6 Å². The Bertz CT molecular complexity index is 1150. The number of esters is 2. The smallest absolute Gasteiger partial charge is 0.328 e. The number of carbonyl (C=O) groups excluding carboxylic acids is 3. The highest BCUT2D eigenvalue weighted by atomic mass is 35.5. The second kappa shape index (κ2) is 18.8. The Morgan fingerprint density at radius 2 is 1.54 bits per heavy atom. The topological polar surface area (TPSA) is 95.0 Å². The van der Waals surface area contributed by atoms with E-state index in [0.29, 0.717) is 12.0 Å². The zero-order chi connectivity index (χ0) is 30.0. The van der Waals surface area contributed by atoms with E-state index in [2.05, 4.69) is 4.98 Å². The molecule has 0 saturated carbocycles. The number of benzene rings is 2. The zero-order valence-electron chi connectivity index (χ0n) is 23.5. The van der Waals surface area contributed by atoms with E-state index in [1.54, 1.807) is 31.5 Å². The SMILES string of the molecule is CCCC(C(=O)OCC)N1CCOC(C(OC(C)=O)c2ccncc2)C1=O.Clc1ccccc1.Clc1ccccc1. The zero-order valence-corrected chi connectivity index (χ0v) is 25.0. The van der Waals surface area contributed by atoms with Crippen LogP contribution in [0.25, 0.3) is 0 Å². The molecule has 1 amide bonds. The van der Waals surface area contributed by atoms with Crippen molar-refractivity contribution in [2.45, 2.75) is 51.9 Å². The molecule has 1 aromatic heterocycles. The van der Waals surface area contributed by atoms with Gasteiger partial charge in [0.25, 0.3) is 5.91 Å². The summed E-state index contributed by atoms with van der Waals surface area (Å²) < 4.78 is 16.2.